The Morgan fingerprint density at radius 3 is 2.62 bits per heavy atom. The first-order valence-electron chi connectivity index (χ1n) is 7.83. The highest BCUT2D eigenvalue weighted by Crippen LogP contribution is 2.37. The molecule has 2 amide bonds. The molecule has 3 rings (SSSR count). The van der Waals surface area contributed by atoms with Gasteiger partial charge in [0.25, 0.3) is 5.91 Å². The van der Waals surface area contributed by atoms with Gasteiger partial charge in [0.2, 0.25) is 5.91 Å². The average Bonchev–Trinajstić information content (AvgIpc) is 2.52. The van der Waals surface area contributed by atoms with Crippen molar-refractivity contribution in [3.63, 3.8) is 0 Å². The van der Waals surface area contributed by atoms with Gasteiger partial charge in [-0.05, 0) is 44.2 Å². The molecular weight excluding hydrogens is 304 g/mol. The number of carbonyl (C=O) groups excluding carboxylic acids is 2. The van der Waals surface area contributed by atoms with Crippen molar-refractivity contribution in [2.45, 2.75) is 26.4 Å². The van der Waals surface area contributed by atoms with Gasteiger partial charge in [-0.1, -0.05) is 18.2 Å². The second-order valence-corrected chi connectivity index (χ2v) is 6.48. The van der Waals surface area contributed by atoms with E-state index in [4.69, 9.17) is 4.74 Å². The Labute approximate surface area is 141 Å². The van der Waals surface area contributed by atoms with Crippen molar-refractivity contribution >= 4 is 23.2 Å². The summed E-state index contributed by atoms with van der Waals surface area (Å²) in [5.41, 5.74) is 1.41. The van der Waals surface area contributed by atoms with E-state index in [-0.39, 0.29) is 11.8 Å². The van der Waals surface area contributed by atoms with Gasteiger partial charge in [0.05, 0.1) is 12.2 Å². The van der Waals surface area contributed by atoms with Gasteiger partial charge in [0.15, 0.2) is 0 Å². The molecule has 0 atom stereocenters. The molecular formula is C19H20N2O3. The summed E-state index contributed by atoms with van der Waals surface area (Å²) in [5.74, 6) is 0.406. The van der Waals surface area contributed by atoms with E-state index in [2.05, 4.69) is 5.32 Å². The lowest BCUT2D eigenvalue weighted by atomic mass is 10.0. The van der Waals surface area contributed by atoms with Gasteiger partial charge in [-0.3, -0.25) is 9.59 Å². The van der Waals surface area contributed by atoms with Gasteiger partial charge in [-0.15, -0.1) is 0 Å². The van der Waals surface area contributed by atoms with Crippen LogP contribution in [0.1, 0.15) is 31.1 Å². The number of hydrogen-bond donors (Lipinski definition) is 1. The molecule has 124 valence electrons. The number of benzene rings is 2. The molecule has 0 radical (unpaired) electrons. The summed E-state index contributed by atoms with van der Waals surface area (Å²) in [6, 6.07) is 14.5. The predicted molar refractivity (Wildman–Crippen MR) is 93.6 cm³/mol. The van der Waals surface area contributed by atoms with E-state index in [1.807, 2.05) is 38.1 Å². The first-order valence-corrected chi connectivity index (χ1v) is 7.83. The van der Waals surface area contributed by atoms with Crippen LogP contribution in [0, 0.1) is 0 Å². The summed E-state index contributed by atoms with van der Waals surface area (Å²) in [4.78, 5) is 26.0. The van der Waals surface area contributed by atoms with Gasteiger partial charge >= 0.3 is 0 Å². The van der Waals surface area contributed by atoms with E-state index < -0.39 is 5.60 Å². The second kappa shape index (κ2) is 6.00. The van der Waals surface area contributed by atoms with Crippen LogP contribution >= 0.6 is 0 Å². The molecule has 24 heavy (non-hydrogen) atoms. The van der Waals surface area contributed by atoms with E-state index in [9.17, 15) is 9.59 Å². The number of anilines is 2. The molecule has 0 aromatic heterocycles. The first kappa shape index (κ1) is 16.1. The smallest absolute Gasteiger partial charge is 0.258 e. The number of para-hydroxylation sites is 2. The third-order valence-corrected chi connectivity index (χ3v) is 3.76. The van der Waals surface area contributed by atoms with Crippen molar-refractivity contribution < 1.29 is 14.3 Å². The van der Waals surface area contributed by atoms with Crippen LogP contribution in [0.3, 0.4) is 0 Å². The quantitative estimate of drug-likeness (QED) is 0.920. The first-order chi connectivity index (χ1) is 11.4. The van der Waals surface area contributed by atoms with Crippen LogP contribution in [-0.2, 0) is 4.79 Å². The van der Waals surface area contributed by atoms with E-state index in [0.29, 0.717) is 23.5 Å². The SMILES string of the molecule is CC(=O)Nc1cccc(C(=O)N2CC(C)(C)Oc3ccccc32)c1. The third kappa shape index (κ3) is 3.25. The Hall–Kier alpha value is -2.82. The van der Waals surface area contributed by atoms with Crippen molar-refractivity contribution in [2.75, 3.05) is 16.8 Å². The van der Waals surface area contributed by atoms with Crippen LogP contribution in [0.25, 0.3) is 0 Å². The zero-order chi connectivity index (χ0) is 17.3. The molecule has 1 aliphatic rings. The fraction of sp³-hybridized carbons (Fsp3) is 0.263. The number of ether oxygens (including phenoxy) is 1. The van der Waals surface area contributed by atoms with Crippen molar-refractivity contribution in [3.8, 4) is 5.75 Å². The molecule has 0 unspecified atom stereocenters. The monoisotopic (exact) mass is 324 g/mol. The standard InChI is InChI=1S/C19H20N2O3/c1-13(22)20-15-8-6-7-14(11-15)18(23)21-12-19(2,3)24-17-10-5-4-9-16(17)21/h4-11H,12H2,1-3H3,(H,20,22). The molecule has 0 saturated carbocycles. The van der Waals surface area contributed by atoms with Crippen molar-refractivity contribution in [1.29, 1.82) is 0 Å². The number of nitrogens with one attached hydrogen (secondary N) is 1. The van der Waals surface area contributed by atoms with Crippen LogP contribution in [0.4, 0.5) is 11.4 Å². The van der Waals surface area contributed by atoms with Crippen molar-refractivity contribution in [3.05, 3.63) is 54.1 Å². The van der Waals surface area contributed by atoms with E-state index in [0.717, 1.165) is 5.69 Å². The van der Waals surface area contributed by atoms with Gasteiger partial charge in [-0.25, -0.2) is 0 Å². The molecule has 0 bridgehead atoms. The molecule has 5 heteroatoms. The number of fused-ring (bicyclic) bond motifs is 1. The maximum absolute atomic E-state index is 13.0. The van der Waals surface area contributed by atoms with Crippen LogP contribution in [0.2, 0.25) is 0 Å². The highest BCUT2D eigenvalue weighted by molar-refractivity contribution is 6.08. The number of carbonyl (C=O) groups is 2. The number of amides is 2. The van der Waals surface area contributed by atoms with Crippen LogP contribution < -0.4 is 15.0 Å². The lowest BCUT2D eigenvalue weighted by molar-refractivity contribution is -0.114. The number of rotatable bonds is 2. The summed E-state index contributed by atoms with van der Waals surface area (Å²) in [6.07, 6.45) is 0. The van der Waals surface area contributed by atoms with Crippen LogP contribution in [-0.4, -0.2) is 24.0 Å². The summed E-state index contributed by atoms with van der Waals surface area (Å²) >= 11 is 0. The van der Waals surface area contributed by atoms with Crippen molar-refractivity contribution in [1.82, 2.24) is 0 Å². The molecule has 1 heterocycles. The van der Waals surface area contributed by atoms with E-state index in [1.54, 1.807) is 29.2 Å². The molecule has 1 aliphatic heterocycles. The van der Waals surface area contributed by atoms with Crippen LogP contribution in [0.15, 0.2) is 48.5 Å². The molecule has 0 saturated heterocycles. The maximum Gasteiger partial charge on any atom is 0.258 e. The largest absolute Gasteiger partial charge is 0.484 e. The average molecular weight is 324 g/mol. The summed E-state index contributed by atoms with van der Waals surface area (Å²) < 4.78 is 5.96. The Kier molecular flexibility index (Phi) is 4.01. The fourth-order valence-corrected chi connectivity index (χ4v) is 2.83. The fourth-order valence-electron chi connectivity index (χ4n) is 2.83. The van der Waals surface area contributed by atoms with Crippen LogP contribution in [0.5, 0.6) is 5.75 Å². The predicted octanol–water partition coefficient (Wildman–Crippen LogP) is 3.46. The number of hydrogen-bond acceptors (Lipinski definition) is 3. The van der Waals surface area contributed by atoms with E-state index in [1.165, 1.54) is 6.92 Å². The summed E-state index contributed by atoms with van der Waals surface area (Å²) in [6.45, 7) is 5.80. The zero-order valence-corrected chi connectivity index (χ0v) is 14.0. The molecule has 0 spiro atoms. The summed E-state index contributed by atoms with van der Waals surface area (Å²) in [7, 11) is 0. The Bertz CT molecular complexity index is 799. The van der Waals surface area contributed by atoms with Crippen molar-refractivity contribution in [2.24, 2.45) is 0 Å². The normalized spacial score (nSPS) is 15.2. The minimum atomic E-state index is -0.473. The highest BCUT2D eigenvalue weighted by Gasteiger charge is 2.35. The molecule has 0 aliphatic carbocycles. The topological polar surface area (TPSA) is 58.6 Å². The van der Waals surface area contributed by atoms with Gasteiger partial charge < -0.3 is 15.0 Å². The zero-order valence-electron chi connectivity index (χ0n) is 14.0. The third-order valence-electron chi connectivity index (χ3n) is 3.76. The maximum atomic E-state index is 13.0. The Balaban J connectivity index is 1.96. The highest BCUT2D eigenvalue weighted by atomic mass is 16.5. The number of nitrogens with zero attached hydrogens (tertiary/aromatic N) is 1. The lowest BCUT2D eigenvalue weighted by Gasteiger charge is -2.39. The lowest BCUT2D eigenvalue weighted by Crippen LogP contribution is -2.49. The van der Waals surface area contributed by atoms with Gasteiger partial charge in [0.1, 0.15) is 11.4 Å². The minimum absolute atomic E-state index is 0.119. The molecule has 5 nitrogen and oxygen atoms in total. The second-order valence-electron chi connectivity index (χ2n) is 6.48. The Morgan fingerprint density at radius 2 is 1.88 bits per heavy atom. The Morgan fingerprint density at radius 1 is 1.12 bits per heavy atom. The van der Waals surface area contributed by atoms with Gasteiger partial charge in [-0.2, -0.15) is 0 Å². The molecule has 1 N–H and O–H groups in total. The molecule has 0 fully saturated rings. The molecule has 2 aromatic rings. The molecule has 2 aromatic carbocycles. The van der Waals surface area contributed by atoms with Gasteiger partial charge in [0, 0.05) is 18.2 Å². The van der Waals surface area contributed by atoms with E-state index >= 15 is 0 Å². The summed E-state index contributed by atoms with van der Waals surface area (Å²) in [5, 5.41) is 2.70. The minimum Gasteiger partial charge on any atom is -0.484 e.